The van der Waals surface area contributed by atoms with Crippen molar-refractivity contribution >= 4 is 157 Å². The molecule has 3 fully saturated rings. The molecule has 4 N–H and O–H groups in total. The fourth-order valence-corrected chi connectivity index (χ4v) is 16.4. The summed E-state index contributed by atoms with van der Waals surface area (Å²) >= 11 is 14.1. The van der Waals surface area contributed by atoms with Crippen molar-refractivity contribution in [3.05, 3.63) is 186 Å². The van der Waals surface area contributed by atoms with E-state index in [1.165, 1.54) is 82.5 Å². The van der Waals surface area contributed by atoms with E-state index < -0.39 is 106 Å². The Bertz CT molecular complexity index is 4530. The number of benzene rings is 3. The van der Waals surface area contributed by atoms with E-state index in [1.54, 1.807) is 66.0 Å². The van der Waals surface area contributed by atoms with Crippen molar-refractivity contribution in [2.75, 3.05) is 39.5 Å². The van der Waals surface area contributed by atoms with Gasteiger partial charge < -0.3 is 34.6 Å². The molecule has 0 bridgehead atoms. The van der Waals surface area contributed by atoms with Crippen molar-refractivity contribution < 1.29 is 93.4 Å². The molecule has 3 aromatic heterocycles. The summed E-state index contributed by atoms with van der Waals surface area (Å²) in [7, 11) is -10.3. The van der Waals surface area contributed by atoms with Crippen LogP contribution in [0.3, 0.4) is 0 Å². The number of fused-ring (bicyclic) bond motifs is 3. The number of aliphatic imine (C=N–C) groups is 3. The van der Waals surface area contributed by atoms with Crippen molar-refractivity contribution in [2.24, 2.45) is 20.7 Å². The number of carbonyl (C=O) groups excluding carboxylic acids is 3. The third-order valence-electron chi connectivity index (χ3n) is 15.3. The van der Waals surface area contributed by atoms with Crippen molar-refractivity contribution in [2.45, 2.75) is 93.6 Å². The number of aromatic nitrogens is 3. The van der Waals surface area contributed by atoms with Gasteiger partial charge in [0.2, 0.25) is 0 Å². The molecule has 3 saturated heterocycles. The van der Waals surface area contributed by atoms with Gasteiger partial charge in [-0.2, -0.15) is 26.3 Å². The number of alkyl halides is 6. The van der Waals surface area contributed by atoms with Crippen LogP contribution in [0, 0.1) is 17.5 Å². The van der Waals surface area contributed by atoms with E-state index >= 15 is 0 Å². The summed E-state index contributed by atoms with van der Waals surface area (Å²) in [5.74, 6) is -12.5. The van der Waals surface area contributed by atoms with Gasteiger partial charge in [0.15, 0.2) is 32.5 Å². The maximum atomic E-state index is 13.8. The average molecular weight is 1770 g/mol. The van der Waals surface area contributed by atoms with Crippen molar-refractivity contribution in [3.8, 4) is 0 Å². The SMILES string of the molecule is CCOC(=O)C1=C2C[C@@H](N)CN2C(c2nccs2)=N[C@H]1c1ccc(F)cc1Br.CCOC(=O)C1=C2C[C@@H](NS(=O)(=O)C(F)F)CN2C(c2nccs2)=N[C@H]1c1ccc(F)cc1Br.CCOC(=O)C1=C2C[C@@H](NS(=O)(=O)C(F)F)CN2C(c2nccs2)=N[C@H]1c1ccc(F)cc1Br.O=S(=O)(Cl)C(F)F. The highest BCUT2D eigenvalue weighted by molar-refractivity contribution is 9.11. The molecule has 554 valence electrons. The number of ether oxygens (including phenoxy) is 3. The lowest BCUT2D eigenvalue weighted by atomic mass is 9.94. The molecule has 0 saturated carbocycles. The van der Waals surface area contributed by atoms with Crippen LogP contribution >= 0.6 is 92.5 Å². The Hall–Kier alpha value is -6.58. The molecule has 0 aliphatic carbocycles. The van der Waals surface area contributed by atoms with Gasteiger partial charge in [0.25, 0.3) is 29.1 Å². The van der Waals surface area contributed by atoms with Gasteiger partial charge in [-0.15, -0.1) is 34.0 Å². The van der Waals surface area contributed by atoms with E-state index in [-0.39, 0.29) is 68.8 Å². The number of esters is 3. The second kappa shape index (κ2) is 34.3. The largest absolute Gasteiger partial charge is 0.463 e. The van der Waals surface area contributed by atoms with E-state index in [1.807, 2.05) is 19.7 Å². The maximum Gasteiger partial charge on any atom is 0.350 e. The fraction of sp³-hybridized carbons (Fsp3) is 0.350. The van der Waals surface area contributed by atoms with Gasteiger partial charge in [-0.3, -0.25) is 15.0 Å². The zero-order valence-corrected chi connectivity index (χ0v) is 63.5. The Labute approximate surface area is 624 Å². The Morgan fingerprint density at radius 3 is 1.07 bits per heavy atom. The quantitative estimate of drug-likeness (QED) is 0.0294. The highest BCUT2D eigenvalue weighted by Crippen LogP contribution is 2.47. The highest BCUT2D eigenvalue weighted by atomic mass is 79.9. The van der Waals surface area contributed by atoms with Crippen LogP contribution in [0.25, 0.3) is 0 Å². The molecular weight excluding hydrogens is 1720 g/mol. The van der Waals surface area contributed by atoms with E-state index in [2.05, 4.69) is 73.4 Å². The minimum atomic E-state index is -4.87. The first-order valence-corrected chi connectivity index (χ1v) is 40.5. The molecule has 9 heterocycles. The number of carbonyl (C=O) groups is 3. The van der Waals surface area contributed by atoms with E-state index in [0.29, 0.717) is 87.6 Å². The molecule has 0 spiro atoms. The molecule has 6 aromatic rings. The predicted octanol–water partition coefficient (Wildman–Crippen LogP) is 11.3. The van der Waals surface area contributed by atoms with Crippen molar-refractivity contribution in [3.63, 3.8) is 0 Å². The van der Waals surface area contributed by atoms with Gasteiger partial charge >= 0.3 is 35.2 Å². The number of sulfonamides is 2. The molecule has 6 aliphatic rings. The molecule has 103 heavy (non-hydrogen) atoms. The molecule has 6 aliphatic heterocycles. The van der Waals surface area contributed by atoms with Crippen LogP contribution in [0.5, 0.6) is 0 Å². The minimum absolute atomic E-state index is 0.0418. The van der Waals surface area contributed by atoms with Crippen molar-refractivity contribution in [1.29, 1.82) is 0 Å². The smallest absolute Gasteiger partial charge is 0.350 e. The van der Waals surface area contributed by atoms with E-state index in [9.17, 15) is 79.2 Å². The molecule has 3 aromatic carbocycles. The predicted molar refractivity (Wildman–Crippen MR) is 374 cm³/mol. The van der Waals surface area contributed by atoms with Gasteiger partial charge in [-0.25, -0.2) is 77.2 Å². The number of hydrogen-bond acceptors (Lipinski definition) is 25. The number of amidine groups is 3. The van der Waals surface area contributed by atoms with Crippen LogP contribution < -0.4 is 15.2 Å². The van der Waals surface area contributed by atoms with Crippen LogP contribution in [0.4, 0.5) is 39.5 Å². The molecule has 0 radical (unpaired) electrons. The number of nitrogens with zero attached hydrogens (tertiary/aromatic N) is 9. The Balaban J connectivity index is 0.000000172. The van der Waals surface area contributed by atoms with Gasteiger partial charge in [-0.1, -0.05) is 66.0 Å². The van der Waals surface area contributed by atoms with Crippen LogP contribution in [0.1, 0.15) is 89.9 Å². The first-order valence-electron chi connectivity index (χ1n) is 30.0. The van der Waals surface area contributed by atoms with Crippen LogP contribution in [0.2, 0.25) is 0 Å². The number of hydrogen-bond donors (Lipinski definition) is 3. The summed E-state index contributed by atoms with van der Waals surface area (Å²) in [4.78, 5) is 71.4. The summed E-state index contributed by atoms with van der Waals surface area (Å²) in [6.45, 7) is 5.87. The summed E-state index contributed by atoms with van der Waals surface area (Å²) in [5, 5.41) is 7.04. The van der Waals surface area contributed by atoms with Crippen LogP contribution in [0.15, 0.2) is 152 Å². The van der Waals surface area contributed by atoms with E-state index in [4.69, 9.17) is 34.9 Å². The third-order valence-corrected chi connectivity index (χ3v) is 22.7. The summed E-state index contributed by atoms with van der Waals surface area (Å²) < 4.78 is 202. The molecule has 12 rings (SSSR count). The van der Waals surface area contributed by atoms with Crippen LogP contribution in [-0.4, -0.2) is 165 Å². The fourth-order valence-electron chi connectivity index (χ4n) is 11.3. The first-order chi connectivity index (χ1) is 48.7. The first kappa shape index (κ1) is 80.5. The molecule has 0 amide bonds. The van der Waals surface area contributed by atoms with E-state index in [0.717, 1.165) is 10.7 Å². The zero-order valence-electron chi connectivity index (χ0n) is 53.1. The Morgan fingerprint density at radius 1 is 0.524 bits per heavy atom. The number of thiazole rings is 3. The van der Waals surface area contributed by atoms with Crippen LogP contribution in [-0.2, 0) is 57.7 Å². The third kappa shape index (κ3) is 18.8. The maximum absolute atomic E-state index is 13.8. The summed E-state index contributed by atoms with van der Waals surface area (Å²) in [5.41, 5.74) is 10.1. The number of nitrogens with one attached hydrogen (secondary N) is 2. The van der Waals surface area contributed by atoms with Gasteiger partial charge in [0, 0.05) is 133 Å². The lowest BCUT2D eigenvalue weighted by molar-refractivity contribution is -0.140. The standard InChI is InChI=1S/2C20H18BrF3N4O4S2.C19H18BrFN4O2S.CHClF2O2S/c2*1-2-32-19(29)15-14-8-11(27-34(30,31)20(23)24)9-28(14)17(18-25-5-6-33-18)26-16(15)12-4-3-10(22)7-13(12)21;1-2-27-19(26)15-14-8-11(22)9-25(14)17(18-23-5-6-28-18)24-16(15)12-4-3-10(21)7-13(12)20;2-7(5,6)1(3)4/h2*3-7,11,16,20,27H,2,8-9H2,1H3;3-7,11,16H,2,8-9,22H2,1H3;1H/t3*11-,16+;/m111./s1. The monoisotopic (exact) mass is 1770 g/mol. The summed E-state index contributed by atoms with van der Waals surface area (Å²) in [6.07, 6.45) is 5.25. The zero-order chi connectivity index (χ0) is 75.2. The Morgan fingerprint density at radius 2 is 0.816 bits per heavy atom. The second-order valence-corrected chi connectivity index (χ2v) is 33.2. The molecule has 0 unspecified atom stereocenters. The lowest BCUT2D eigenvalue weighted by Gasteiger charge is -2.31. The highest BCUT2D eigenvalue weighted by Gasteiger charge is 2.47. The van der Waals surface area contributed by atoms with Gasteiger partial charge in [0.1, 0.15) is 35.6 Å². The number of nitrogens with two attached hydrogens (primary N) is 1. The topological polar surface area (TPSA) is 317 Å². The number of halogens is 13. The molecule has 43 heteroatoms. The molecule has 24 nitrogen and oxygen atoms in total. The molecular formula is C60H55Br3ClF9N12O12S6. The number of rotatable bonds is 19. The average Bonchev–Trinajstić information content (AvgIpc) is 1.67. The second-order valence-electron chi connectivity index (χ2n) is 22.0. The van der Waals surface area contributed by atoms with Gasteiger partial charge in [-0.05, 0) is 73.9 Å². The normalized spacial score (nSPS) is 20.3. The van der Waals surface area contributed by atoms with Gasteiger partial charge in [0.05, 0.1) is 36.5 Å². The summed E-state index contributed by atoms with van der Waals surface area (Å²) in [6, 6.07) is 7.76. The van der Waals surface area contributed by atoms with Crippen molar-refractivity contribution in [1.82, 2.24) is 39.1 Å². The lowest BCUT2D eigenvalue weighted by Crippen LogP contribution is -2.41. The minimum Gasteiger partial charge on any atom is -0.463 e. The molecule has 6 atom stereocenters. The Kier molecular flexibility index (Phi) is 26.8.